The zero-order valence-corrected chi connectivity index (χ0v) is 14.3. The Morgan fingerprint density at radius 3 is 2.62 bits per heavy atom. The van der Waals surface area contributed by atoms with Gasteiger partial charge in [-0.2, -0.15) is 0 Å². The number of amides is 1. The zero-order chi connectivity index (χ0) is 16.9. The molecule has 24 heavy (non-hydrogen) atoms. The molecule has 0 saturated carbocycles. The monoisotopic (exact) mass is 335 g/mol. The summed E-state index contributed by atoms with van der Waals surface area (Å²) >= 11 is 1.62. The lowest BCUT2D eigenvalue weighted by atomic mass is 10.1. The summed E-state index contributed by atoms with van der Waals surface area (Å²) in [6.07, 6.45) is 6.76. The van der Waals surface area contributed by atoms with E-state index in [4.69, 9.17) is 0 Å². The van der Waals surface area contributed by atoms with Crippen LogP contribution in [0.2, 0.25) is 0 Å². The third-order valence-electron chi connectivity index (χ3n) is 3.56. The molecule has 3 rings (SSSR count). The first kappa shape index (κ1) is 16.1. The van der Waals surface area contributed by atoms with Crippen molar-refractivity contribution in [1.82, 2.24) is 9.97 Å². The number of thiazole rings is 1. The van der Waals surface area contributed by atoms with Crippen LogP contribution in [0.1, 0.15) is 16.1 Å². The molecule has 1 amide bonds. The largest absolute Gasteiger partial charge is 0.323 e. The van der Waals surface area contributed by atoms with Gasteiger partial charge in [0.1, 0.15) is 0 Å². The quantitative estimate of drug-likeness (QED) is 0.716. The Kier molecular flexibility index (Phi) is 4.82. The van der Waals surface area contributed by atoms with Crippen molar-refractivity contribution >= 4 is 29.0 Å². The molecule has 2 heterocycles. The van der Waals surface area contributed by atoms with E-state index in [-0.39, 0.29) is 5.91 Å². The highest BCUT2D eigenvalue weighted by Crippen LogP contribution is 2.23. The number of nitrogens with zero attached hydrogens (tertiary/aromatic N) is 2. The summed E-state index contributed by atoms with van der Waals surface area (Å²) in [7, 11) is 0. The number of carbonyl (C=O) groups is 1. The third-order valence-corrected chi connectivity index (χ3v) is 4.33. The first-order chi connectivity index (χ1) is 11.6. The predicted octanol–water partition coefficient (Wildman–Crippen LogP) is 4.47. The van der Waals surface area contributed by atoms with Crippen molar-refractivity contribution in [3.63, 3.8) is 0 Å². The summed E-state index contributed by atoms with van der Waals surface area (Å²) < 4.78 is 0. The van der Waals surface area contributed by atoms with E-state index < -0.39 is 0 Å². The standard InChI is InChI=1S/C19H17N3OS/c1-13-9-10-20-11-16(13)5-8-19(23)22-17-6-3-15(4-7-17)18-12-24-14(2)21-18/h3-12H,1-2H3,(H,22,23)/b8-5+. The number of nitrogens with one attached hydrogen (secondary N) is 1. The van der Waals surface area contributed by atoms with E-state index in [1.54, 1.807) is 29.8 Å². The second-order valence-electron chi connectivity index (χ2n) is 5.38. The highest BCUT2D eigenvalue weighted by atomic mass is 32.1. The van der Waals surface area contributed by atoms with E-state index >= 15 is 0 Å². The Hall–Kier alpha value is -2.79. The maximum atomic E-state index is 12.0. The highest BCUT2D eigenvalue weighted by Gasteiger charge is 2.03. The molecule has 5 heteroatoms. The molecule has 0 spiro atoms. The number of hydrogen-bond acceptors (Lipinski definition) is 4. The van der Waals surface area contributed by atoms with Crippen molar-refractivity contribution in [2.24, 2.45) is 0 Å². The number of rotatable bonds is 4. The Balaban J connectivity index is 1.65. The van der Waals surface area contributed by atoms with Crippen LogP contribution in [-0.4, -0.2) is 15.9 Å². The Bertz CT molecular complexity index is 882. The van der Waals surface area contributed by atoms with Gasteiger partial charge < -0.3 is 5.32 Å². The summed E-state index contributed by atoms with van der Waals surface area (Å²) in [5.74, 6) is -0.171. The van der Waals surface area contributed by atoms with Gasteiger partial charge in [-0.1, -0.05) is 12.1 Å². The van der Waals surface area contributed by atoms with Gasteiger partial charge in [-0.15, -0.1) is 11.3 Å². The van der Waals surface area contributed by atoms with E-state index in [1.807, 2.05) is 49.6 Å². The fourth-order valence-electron chi connectivity index (χ4n) is 2.22. The third kappa shape index (κ3) is 3.94. The number of anilines is 1. The molecule has 0 aliphatic carbocycles. The molecule has 1 N–H and O–H groups in total. The van der Waals surface area contributed by atoms with Crippen molar-refractivity contribution < 1.29 is 4.79 Å². The van der Waals surface area contributed by atoms with Crippen LogP contribution in [0.25, 0.3) is 17.3 Å². The number of carbonyl (C=O) groups excluding carboxylic acids is 1. The normalized spacial score (nSPS) is 10.9. The van der Waals surface area contributed by atoms with Crippen molar-refractivity contribution in [2.45, 2.75) is 13.8 Å². The van der Waals surface area contributed by atoms with Gasteiger partial charge in [0, 0.05) is 35.1 Å². The summed E-state index contributed by atoms with van der Waals surface area (Å²) in [6, 6.07) is 9.59. The zero-order valence-electron chi connectivity index (χ0n) is 13.5. The summed E-state index contributed by atoms with van der Waals surface area (Å²) in [5.41, 5.74) is 4.77. The van der Waals surface area contributed by atoms with E-state index in [2.05, 4.69) is 15.3 Å². The van der Waals surface area contributed by atoms with Gasteiger partial charge in [-0.3, -0.25) is 9.78 Å². The average molecular weight is 335 g/mol. The van der Waals surface area contributed by atoms with Crippen molar-refractivity contribution in [1.29, 1.82) is 0 Å². The van der Waals surface area contributed by atoms with Crippen molar-refractivity contribution in [3.8, 4) is 11.3 Å². The van der Waals surface area contributed by atoms with E-state index in [1.165, 1.54) is 6.08 Å². The molecule has 4 nitrogen and oxygen atoms in total. The smallest absolute Gasteiger partial charge is 0.248 e. The molecule has 0 aliphatic rings. The molecule has 120 valence electrons. The SMILES string of the molecule is Cc1nc(-c2ccc(NC(=O)/C=C/c3cnccc3C)cc2)cs1. The van der Waals surface area contributed by atoms with E-state index in [9.17, 15) is 4.79 Å². The van der Waals surface area contributed by atoms with Gasteiger partial charge in [0.05, 0.1) is 10.7 Å². The van der Waals surface area contributed by atoms with Gasteiger partial charge in [-0.25, -0.2) is 4.98 Å². The van der Waals surface area contributed by atoms with Crippen LogP contribution in [0.3, 0.4) is 0 Å². The lowest BCUT2D eigenvalue weighted by Gasteiger charge is -2.03. The molecule has 2 aromatic heterocycles. The highest BCUT2D eigenvalue weighted by molar-refractivity contribution is 7.09. The fourth-order valence-corrected chi connectivity index (χ4v) is 2.84. The molecule has 0 aliphatic heterocycles. The molecular formula is C19H17N3OS. The second-order valence-corrected chi connectivity index (χ2v) is 6.45. The summed E-state index contributed by atoms with van der Waals surface area (Å²) in [6.45, 7) is 3.97. The van der Waals surface area contributed by atoms with Crippen LogP contribution in [-0.2, 0) is 4.79 Å². The van der Waals surface area contributed by atoms with Gasteiger partial charge in [0.25, 0.3) is 0 Å². The van der Waals surface area contributed by atoms with E-state index in [0.717, 1.165) is 33.1 Å². The van der Waals surface area contributed by atoms with Gasteiger partial charge >= 0.3 is 0 Å². The fraction of sp³-hybridized carbons (Fsp3) is 0.105. The molecule has 3 aromatic rings. The first-order valence-electron chi connectivity index (χ1n) is 7.54. The topological polar surface area (TPSA) is 54.9 Å². The number of aryl methyl sites for hydroxylation is 2. The first-order valence-corrected chi connectivity index (χ1v) is 8.42. The number of pyridine rings is 1. The van der Waals surface area contributed by atoms with Gasteiger partial charge in [0.2, 0.25) is 5.91 Å². The molecule has 0 bridgehead atoms. The molecule has 0 unspecified atom stereocenters. The minimum Gasteiger partial charge on any atom is -0.323 e. The number of aromatic nitrogens is 2. The Morgan fingerprint density at radius 2 is 1.96 bits per heavy atom. The Labute approximate surface area is 144 Å². The van der Waals surface area contributed by atoms with Gasteiger partial charge in [0.15, 0.2) is 0 Å². The van der Waals surface area contributed by atoms with Crippen LogP contribution >= 0.6 is 11.3 Å². The summed E-state index contributed by atoms with van der Waals surface area (Å²) in [5, 5.41) is 5.92. The lowest BCUT2D eigenvalue weighted by molar-refractivity contribution is -0.111. The summed E-state index contributed by atoms with van der Waals surface area (Å²) in [4.78, 5) is 20.5. The molecule has 0 atom stereocenters. The molecule has 0 saturated heterocycles. The van der Waals surface area contributed by atoms with Crippen LogP contribution in [0.15, 0.2) is 54.2 Å². The lowest BCUT2D eigenvalue weighted by Crippen LogP contribution is -2.07. The maximum Gasteiger partial charge on any atom is 0.248 e. The van der Waals surface area contributed by atoms with Gasteiger partial charge in [-0.05, 0) is 49.2 Å². The molecule has 0 fully saturated rings. The molecular weight excluding hydrogens is 318 g/mol. The van der Waals surface area contributed by atoms with Crippen LogP contribution in [0, 0.1) is 13.8 Å². The van der Waals surface area contributed by atoms with Crippen LogP contribution < -0.4 is 5.32 Å². The predicted molar refractivity (Wildman–Crippen MR) is 98.9 cm³/mol. The number of benzene rings is 1. The van der Waals surface area contributed by atoms with Crippen LogP contribution in [0.4, 0.5) is 5.69 Å². The minimum absolute atomic E-state index is 0.171. The minimum atomic E-state index is -0.171. The van der Waals surface area contributed by atoms with Crippen molar-refractivity contribution in [3.05, 3.63) is 70.3 Å². The van der Waals surface area contributed by atoms with Crippen molar-refractivity contribution in [2.75, 3.05) is 5.32 Å². The van der Waals surface area contributed by atoms with E-state index in [0.29, 0.717) is 0 Å². The molecule has 1 aromatic carbocycles. The average Bonchev–Trinajstić information content (AvgIpc) is 3.01. The number of hydrogen-bond donors (Lipinski definition) is 1. The van der Waals surface area contributed by atoms with Crippen LogP contribution in [0.5, 0.6) is 0 Å². The second kappa shape index (κ2) is 7.19. The maximum absolute atomic E-state index is 12.0. The molecule has 0 radical (unpaired) electrons. The Morgan fingerprint density at radius 1 is 1.17 bits per heavy atom.